The van der Waals surface area contributed by atoms with E-state index in [-0.39, 0.29) is 11.5 Å². The molecular weight excluding hydrogens is 392 g/mol. The number of hydrogen-bond acceptors (Lipinski definition) is 5. The molecule has 2 aliphatic rings. The van der Waals surface area contributed by atoms with Crippen molar-refractivity contribution < 1.29 is 14.7 Å². The zero-order valence-corrected chi connectivity index (χ0v) is 16.6. The van der Waals surface area contributed by atoms with Crippen molar-refractivity contribution in [2.45, 2.75) is 12.8 Å². The number of aromatic carboxylic acids is 1. The van der Waals surface area contributed by atoms with Crippen LogP contribution in [0.2, 0.25) is 0 Å². The van der Waals surface area contributed by atoms with E-state index in [1.54, 1.807) is 12.1 Å². The summed E-state index contributed by atoms with van der Waals surface area (Å²) in [4.78, 5) is 28.3. The van der Waals surface area contributed by atoms with Crippen LogP contribution in [0, 0.1) is 0 Å². The smallest absolute Gasteiger partial charge is 0.335 e. The number of carbonyl (C=O) groups excluding carboxylic acids is 1. The summed E-state index contributed by atoms with van der Waals surface area (Å²) < 4.78 is 0.396. The Morgan fingerprint density at radius 2 is 1.79 bits per heavy atom. The fraction of sp³-hybridized carbons (Fsp3) is 0.190. The second-order valence-corrected chi connectivity index (χ2v) is 8.33. The van der Waals surface area contributed by atoms with Crippen LogP contribution in [0.4, 0.5) is 11.4 Å². The average molecular weight is 411 g/mol. The Kier molecular flexibility index (Phi) is 5.19. The van der Waals surface area contributed by atoms with E-state index in [9.17, 15) is 14.7 Å². The van der Waals surface area contributed by atoms with Gasteiger partial charge in [0.05, 0.1) is 16.2 Å². The summed E-state index contributed by atoms with van der Waals surface area (Å²) in [5.74, 6) is -1.28. The summed E-state index contributed by atoms with van der Waals surface area (Å²) in [6, 6.07) is 14.4. The van der Waals surface area contributed by atoms with Gasteiger partial charge in [-0.1, -0.05) is 42.2 Å². The molecule has 0 radical (unpaired) electrons. The first-order valence-corrected chi connectivity index (χ1v) is 10.2. The first-order chi connectivity index (χ1) is 13.5. The third-order valence-electron chi connectivity index (χ3n) is 4.81. The van der Waals surface area contributed by atoms with Crippen molar-refractivity contribution in [2.24, 2.45) is 0 Å². The molecule has 1 amide bonds. The van der Waals surface area contributed by atoms with Crippen LogP contribution < -0.4 is 9.80 Å². The molecule has 5 nitrogen and oxygen atoms in total. The van der Waals surface area contributed by atoms with Crippen molar-refractivity contribution in [1.82, 2.24) is 0 Å². The maximum Gasteiger partial charge on any atom is 0.335 e. The van der Waals surface area contributed by atoms with Gasteiger partial charge in [-0.05, 0) is 54.8 Å². The highest BCUT2D eigenvalue weighted by Gasteiger charge is 2.33. The Morgan fingerprint density at radius 1 is 1.07 bits per heavy atom. The van der Waals surface area contributed by atoms with Gasteiger partial charge in [-0.25, -0.2) is 4.79 Å². The highest BCUT2D eigenvalue weighted by molar-refractivity contribution is 8.27. The molecular formula is C21H18N2O3S2. The van der Waals surface area contributed by atoms with E-state index in [1.807, 2.05) is 18.2 Å². The largest absolute Gasteiger partial charge is 0.478 e. The molecule has 0 unspecified atom stereocenters. The maximum atomic E-state index is 12.9. The first kappa shape index (κ1) is 18.7. The number of nitrogens with zero attached hydrogens (tertiary/aromatic N) is 2. The van der Waals surface area contributed by atoms with Gasteiger partial charge in [-0.3, -0.25) is 9.69 Å². The lowest BCUT2D eigenvalue weighted by molar-refractivity contribution is -0.113. The summed E-state index contributed by atoms with van der Waals surface area (Å²) in [6.45, 7) is 2.18. The predicted molar refractivity (Wildman–Crippen MR) is 117 cm³/mol. The number of anilines is 2. The fourth-order valence-corrected chi connectivity index (χ4v) is 4.68. The Hall–Kier alpha value is -2.64. The number of thiocarbonyl (C=S) groups is 1. The van der Waals surface area contributed by atoms with Crippen molar-refractivity contribution in [3.8, 4) is 0 Å². The molecule has 2 saturated heterocycles. The van der Waals surface area contributed by atoms with Crippen LogP contribution in [0.25, 0.3) is 6.08 Å². The van der Waals surface area contributed by atoms with Gasteiger partial charge in [0, 0.05) is 18.8 Å². The van der Waals surface area contributed by atoms with Gasteiger partial charge in [0.1, 0.15) is 0 Å². The lowest BCUT2D eigenvalue weighted by atomic mass is 10.1. The first-order valence-electron chi connectivity index (χ1n) is 8.99. The number of carboxylic acid groups (broad SMARTS) is 1. The third-order valence-corrected chi connectivity index (χ3v) is 6.11. The molecule has 2 aromatic rings. The standard InChI is InChI=1S/C21H18N2O3S2/c24-19-18(12-14-6-8-16(9-7-14)22-10-1-2-11-22)28-21(27)23(19)17-5-3-4-15(13-17)20(25)26/h3-9,12-13H,1-2,10-11H2,(H,25,26). The monoisotopic (exact) mass is 410 g/mol. The molecule has 2 heterocycles. The van der Waals surface area contributed by atoms with Crippen LogP contribution >= 0.6 is 24.0 Å². The van der Waals surface area contributed by atoms with Crippen molar-refractivity contribution in [1.29, 1.82) is 0 Å². The van der Waals surface area contributed by atoms with Crippen molar-refractivity contribution in [3.63, 3.8) is 0 Å². The SMILES string of the molecule is O=C(O)c1cccc(N2C(=O)C(=Cc3ccc(N4CCCC4)cc3)SC2=S)c1. The minimum absolute atomic E-state index is 0.119. The lowest BCUT2D eigenvalue weighted by Crippen LogP contribution is -2.27. The van der Waals surface area contributed by atoms with Crippen LogP contribution in [-0.4, -0.2) is 34.4 Å². The second kappa shape index (κ2) is 7.77. The van der Waals surface area contributed by atoms with E-state index in [0.29, 0.717) is 14.9 Å². The fourth-order valence-electron chi connectivity index (χ4n) is 3.38. The number of hydrogen-bond donors (Lipinski definition) is 1. The number of benzene rings is 2. The highest BCUT2D eigenvalue weighted by atomic mass is 32.2. The Bertz CT molecular complexity index is 979. The van der Waals surface area contributed by atoms with E-state index in [1.165, 1.54) is 47.3 Å². The summed E-state index contributed by atoms with van der Waals surface area (Å²) in [6.07, 6.45) is 4.29. The van der Waals surface area contributed by atoms with Gasteiger partial charge >= 0.3 is 5.97 Å². The van der Waals surface area contributed by atoms with Gasteiger partial charge < -0.3 is 10.0 Å². The molecule has 4 rings (SSSR count). The number of carboxylic acids is 1. The maximum absolute atomic E-state index is 12.9. The van der Waals surface area contributed by atoms with E-state index in [0.717, 1.165) is 18.7 Å². The summed E-state index contributed by atoms with van der Waals surface area (Å²) in [5, 5.41) is 9.18. The number of rotatable bonds is 4. The molecule has 142 valence electrons. The molecule has 0 bridgehead atoms. The Balaban J connectivity index is 1.56. The average Bonchev–Trinajstić information content (AvgIpc) is 3.31. The molecule has 7 heteroatoms. The number of amides is 1. The van der Waals surface area contributed by atoms with Gasteiger partial charge in [-0.2, -0.15) is 0 Å². The van der Waals surface area contributed by atoms with Gasteiger partial charge in [0.2, 0.25) is 0 Å². The van der Waals surface area contributed by atoms with Crippen molar-refractivity contribution >= 4 is 57.6 Å². The third kappa shape index (κ3) is 3.68. The summed E-state index contributed by atoms with van der Waals surface area (Å²) in [5.41, 5.74) is 2.72. The molecule has 1 N–H and O–H groups in total. The lowest BCUT2D eigenvalue weighted by Gasteiger charge is -2.17. The van der Waals surface area contributed by atoms with Crippen LogP contribution in [0.1, 0.15) is 28.8 Å². The van der Waals surface area contributed by atoms with E-state index >= 15 is 0 Å². The molecule has 0 aromatic heterocycles. The van der Waals surface area contributed by atoms with Crippen LogP contribution in [-0.2, 0) is 4.79 Å². The van der Waals surface area contributed by atoms with Crippen molar-refractivity contribution in [2.75, 3.05) is 22.9 Å². The quantitative estimate of drug-likeness (QED) is 0.596. The van der Waals surface area contributed by atoms with E-state index < -0.39 is 5.97 Å². The minimum atomic E-state index is -1.04. The molecule has 2 fully saturated rings. The van der Waals surface area contributed by atoms with E-state index in [4.69, 9.17) is 12.2 Å². The van der Waals surface area contributed by atoms with Gasteiger partial charge in [-0.15, -0.1) is 0 Å². The number of carbonyl (C=O) groups is 2. The zero-order chi connectivity index (χ0) is 19.7. The molecule has 2 aliphatic heterocycles. The Labute approximate surface area is 172 Å². The zero-order valence-electron chi connectivity index (χ0n) is 15.0. The van der Waals surface area contributed by atoms with Crippen LogP contribution in [0.3, 0.4) is 0 Å². The Morgan fingerprint density at radius 3 is 2.46 bits per heavy atom. The number of thioether (sulfide) groups is 1. The molecule has 0 aliphatic carbocycles. The predicted octanol–water partition coefficient (Wildman–Crippen LogP) is 4.39. The second-order valence-electron chi connectivity index (χ2n) is 6.66. The minimum Gasteiger partial charge on any atom is -0.478 e. The van der Waals surface area contributed by atoms with Gasteiger partial charge in [0.15, 0.2) is 4.32 Å². The summed E-state index contributed by atoms with van der Waals surface area (Å²) >= 11 is 6.59. The van der Waals surface area contributed by atoms with Crippen LogP contribution in [0.15, 0.2) is 53.4 Å². The van der Waals surface area contributed by atoms with Crippen molar-refractivity contribution in [3.05, 3.63) is 64.6 Å². The molecule has 0 atom stereocenters. The van der Waals surface area contributed by atoms with Gasteiger partial charge in [0.25, 0.3) is 5.91 Å². The molecule has 0 saturated carbocycles. The topological polar surface area (TPSA) is 60.9 Å². The molecule has 28 heavy (non-hydrogen) atoms. The normalized spacial score (nSPS) is 18.4. The van der Waals surface area contributed by atoms with Crippen LogP contribution in [0.5, 0.6) is 0 Å². The molecule has 0 spiro atoms. The highest BCUT2D eigenvalue weighted by Crippen LogP contribution is 2.36. The summed E-state index contributed by atoms with van der Waals surface area (Å²) in [7, 11) is 0. The van der Waals surface area contributed by atoms with E-state index in [2.05, 4.69) is 17.0 Å². The molecule has 2 aromatic carbocycles.